The van der Waals surface area contributed by atoms with Crippen LogP contribution in [0, 0.1) is 13.8 Å². The molecule has 0 fully saturated rings. The van der Waals surface area contributed by atoms with Crippen LogP contribution in [0.2, 0.25) is 18.1 Å². The van der Waals surface area contributed by atoms with E-state index in [0.717, 1.165) is 62.7 Å². The van der Waals surface area contributed by atoms with Gasteiger partial charge in [0.1, 0.15) is 23.4 Å². The molecule has 0 aromatic heterocycles. The topological polar surface area (TPSA) is 35.5 Å². The van der Waals surface area contributed by atoms with Gasteiger partial charge in [-0.2, -0.15) is 0 Å². The molecular weight excluding hydrogens is 448 g/mol. The molecule has 1 atom stereocenters. The molecule has 0 unspecified atom stereocenters. The molecule has 0 N–H and O–H groups in total. The second-order valence-corrected chi connectivity index (χ2v) is 17.1. The Labute approximate surface area is 216 Å². The lowest BCUT2D eigenvalue weighted by molar-refractivity contribution is -0.107. The van der Waals surface area contributed by atoms with Crippen molar-refractivity contribution in [2.45, 2.75) is 130 Å². The van der Waals surface area contributed by atoms with E-state index in [9.17, 15) is 4.79 Å². The molecule has 4 heteroatoms. The number of carbonyl (C=O) groups is 1. The lowest BCUT2D eigenvalue weighted by Crippen LogP contribution is -2.44. The summed E-state index contributed by atoms with van der Waals surface area (Å²) in [4.78, 5) is 10.5. The Morgan fingerprint density at radius 2 is 1.66 bits per heavy atom. The third-order valence-corrected chi connectivity index (χ3v) is 12.5. The molecule has 196 valence electrons. The maximum atomic E-state index is 10.5. The van der Waals surface area contributed by atoms with Crippen LogP contribution in [-0.2, 0) is 11.2 Å². The van der Waals surface area contributed by atoms with Gasteiger partial charge < -0.3 is 14.0 Å². The maximum absolute atomic E-state index is 10.5. The molecule has 0 amide bonds. The van der Waals surface area contributed by atoms with Crippen molar-refractivity contribution in [2.24, 2.45) is 0 Å². The molecule has 0 saturated carbocycles. The van der Waals surface area contributed by atoms with Gasteiger partial charge in [0.15, 0.2) is 0 Å². The molecule has 1 aromatic carbocycles. The number of carbonyl (C=O) groups excluding carboxylic acids is 1. The Bertz CT molecular complexity index is 949. The van der Waals surface area contributed by atoms with Crippen molar-refractivity contribution in [3.05, 3.63) is 46.1 Å². The van der Waals surface area contributed by atoms with E-state index in [4.69, 9.17) is 9.16 Å². The van der Waals surface area contributed by atoms with Gasteiger partial charge in [-0.3, -0.25) is 0 Å². The predicted molar refractivity (Wildman–Crippen MR) is 152 cm³/mol. The molecule has 1 aliphatic heterocycles. The first-order valence-corrected chi connectivity index (χ1v) is 16.4. The number of fused-ring (bicyclic) bond motifs is 1. The summed E-state index contributed by atoms with van der Waals surface area (Å²) in [6.07, 6.45) is 13.4. The SMILES string of the molecule is C/C(=C\CC/C(C)=C/CC[C@]1(C)CCc2cc(O[Si](C)(C)C(C)(C)C)c(C)c(C)c2O1)CCC=O. The zero-order chi connectivity index (χ0) is 26.4. The molecular formula is C31H50O3Si. The molecule has 3 nitrogen and oxygen atoms in total. The van der Waals surface area contributed by atoms with Crippen molar-refractivity contribution in [2.75, 3.05) is 0 Å². The third kappa shape index (κ3) is 8.10. The minimum Gasteiger partial charge on any atom is -0.543 e. The van der Waals surface area contributed by atoms with E-state index in [1.165, 1.54) is 27.8 Å². The van der Waals surface area contributed by atoms with Crippen LogP contribution in [0.15, 0.2) is 29.4 Å². The van der Waals surface area contributed by atoms with E-state index in [-0.39, 0.29) is 10.6 Å². The number of hydrogen-bond acceptors (Lipinski definition) is 3. The number of aldehydes is 1. The standard InChI is InChI=1S/C31H50O3Si/c1-23(14-11-15-24(2)17-13-21-32)16-12-19-31(8)20-18-27-22-28(25(3)26(4)29(27)33-31)34-35(9,10)30(5,6)7/h15-16,21-22H,11-14,17-20H2,1-10H3/b23-16+,24-15+/t31-/m1/s1. The van der Waals surface area contributed by atoms with Crippen LogP contribution in [0.1, 0.15) is 103 Å². The molecule has 35 heavy (non-hydrogen) atoms. The van der Waals surface area contributed by atoms with Crippen LogP contribution in [0.4, 0.5) is 0 Å². The van der Waals surface area contributed by atoms with E-state index in [2.05, 4.69) is 86.7 Å². The van der Waals surface area contributed by atoms with Gasteiger partial charge in [-0.1, -0.05) is 44.1 Å². The monoisotopic (exact) mass is 498 g/mol. The molecule has 0 radical (unpaired) electrons. The van der Waals surface area contributed by atoms with E-state index in [1.54, 1.807) is 0 Å². The van der Waals surface area contributed by atoms with Gasteiger partial charge in [-0.05, 0) is 120 Å². The van der Waals surface area contributed by atoms with E-state index in [1.807, 2.05) is 0 Å². The van der Waals surface area contributed by atoms with Crippen molar-refractivity contribution in [1.82, 2.24) is 0 Å². The van der Waals surface area contributed by atoms with Crippen molar-refractivity contribution < 1.29 is 14.0 Å². The Kier molecular flexibility index (Phi) is 10.0. The molecule has 1 aliphatic rings. The Morgan fingerprint density at radius 3 is 2.26 bits per heavy atom. The van der Waals surface area contributed by atoms with Gasteiger partial charge in [0.05, 0.1) is 0 Å². The first kappa shape index (κ1) is 29.4. The molecule has 0 bridgehead atoms. The molecule has 0 saturated heterocycles. The van der Waals surface area contributed by atoms with Gasteiger partial charge in [0.2, 0.25) is 8.32 Å². The van der Waals surface area contributed by atoms with Gasteiger partial charge in [-0.15, -0.1) is 0 Å². The summed E-state index contributed by atoms with van der Waals surface area (Å²) in [6.45, 7) is 22.5. The fraction of sp³-hybridized carbons (Fsp3) is 0.645. The summed E-state index contributed by atoms with van der Waals surface area (Å²) in [7, 11) is -1.89. The molecule has 0 spiro atoms. The summed E-state index contributed by atoms with van der Waals surface area (Å²) >= 11 is 0. The maximum Gasteiger partial charge on any atom is 0.250 e. The molecule has 1 aromatic rings. The number of benzene rings is 1. The summed E-state index contributed by atoms with van der Waals surface area (Å²) in [5, 5.41) is 0.176. The highest BCUT2D eigenvalue weighted by atomic mass is 28.4. The number of allylic oxidation sites excluding steroid dienone is 4. The van der Waals surface area contributed by atoms with E-state index < -0.39 is 8.32 Å². The van der Waals surface area contributed by atoms with Crippen LogP contribution in [0.5, 0.6) is 11.5 Å². The Morgan fingerprint density at radius 1 is 1.06 bits per heavy atom. The number of aryl methyl sites for hydroxylation is 1. The van der Waals surface area contributed by atoms with Gasteiger partial charge >= 0.3 is 0 Å². The largest absolute Gasteiger partial charge is 0.543 e. The minimum absolute atomic E-state index is 0.131. The van der Waals surface area contributed by atoms with Crippen molar-refractivity contribution in [1.29, 1.82) is 0 Å². The average Bonchev–Trinajstić information content (AvgIpc) is 2.75. The highest BCUT2D eigenvalue weighted by molar-refractivity contribution is 6.74. The molecule has 1 heterocycles. The highest BCUT2D eigenvalue weighted by Gasteiger charge is 2.40. The minimum atomic E-state index is -1.89. The van der Waals surface area contributed by atoms with Crippen LogP contribution in [0.3, 0.4) is 0 Å². The average molecular weight is 499 g/mol. The van der Waals surface area contributed by atoms with Gasteiger partial charge in [-0.25, -0.2) is 0 Å². The number of ether oxygens (including phenoxy) is 1. The second kappa shape index (κ2) is 11.9. The summed E-state index contributed by atoms with van der Waals surface area (Å²) in [5.74, 6) is 2.13. The van der Waals surface area contributed by atoms with E-state index in [0.29, 0.717) is 6.42 Å². The lowest BCUT2D eigenvalue weighted by Gasteiger charge is -2.39. The normalized spacial score (nSPS) is 19.3. The Hall–Kier alpha value is -1.81. The zero-order valence-corrected chi connectivity index (χ0v) is 25.2. The Balaban J connectivity index is 2.02. The lowest BCUT2D eigenvalue weighted by atomic mass is 9.87. The van der Waals surface area contributed by atoms with Gasteiger partial charge in [0, 0.05) is 6.42 Å². The van der Waals surface area contributed by atoms with E-state index >= 15 is 0 Å². The highest BCUT2D eigenvalue weighted by Crippen LogP contribution is 2.44. The smallest absolute Gasteiger partial charge is 0.250 e. The van der Waals surface area contributed by atoms with Gasteiger partial charge in [0.25, 0.3) is 0 Å². The summed E-state index contributed by atoms with van der Waals surface area (Å²) < 4.78 is 13.4. The number of rotatable bonds is 11. The fourth-order valence-electron chi connectivity index (χ4n) is 4.32. The van der Waals surface area contributed by atoms with Crippen molar-refractivity contribution in [3.8, 4) is 11.5 Å². The van der Waals surface area contributed by atoms with Crippen LogP contribution in [-0.4, -0.2) is 20.2 Å². The first-order valence-electron chi connectivity index (χ1n) is 13.4. The van der Waals surface area contributed by atoms with Crippen LogP contribution in [0.25, 0.3) is 0 Å². The quantitative estimate of drug-likeness (QED) is 0.173. The molecule has 2 rings (SSSR count). The first-order chi connectivity index (χ1) is 16.2. The third-order valence-electron chi connectivity index (χ3n) is 8.17. The molecule has 0 aliphatic carbocycles. The van der Waals surface area contributed by atoms with Crippen molar-refractivity contribution >= 4 is 14.6 Å². The van der Waals surface area contributed by atoms with Crippen LogP contribution >= 0.6 is 0 Å². The predicted octanol–water partition coefficient (Wildman–Crippen LogP) is 9.20. The zero-order valence-electron chi connectivity index (χ0n) is 24.2. The van der Waals surface area contributed by atoms with Crippen molar-refractivity contribution in [3.63, 3.8) is 0 Å². The number of hydrogen-bond donors (Lipinski definition) is 0. The summed E-state index contributed by atoms with van der Waals surface area (Å²) in [6, 6.07) is 2.26. The fourth-order valence-corrected chi connectivity index (χ4v) is 5.39. The second-order valence-electron chi connectivity index (χ2n) is 12.4. The summed E-state index contributed by atoms with van der Waals surface area (Å²) in [5.41, 5.74) is 6.35. The van der Waals surface area contributed by atoms with Crippen LogP contribution < -0.4 is 9.16 Å².